The molecule has 0 aliphatic carbocycles. The minimum absolute atomic E-state index is 0.00287. The Kier molecular flexibility index (Phi) is 6.08. The molecule has 1 amide bonds. The molecule has 1 saturated heterocycles. The smallest absolute Gasteiger partial charge is 0.407 e. The minimum atomic E-state index is -0.679. The fourth-order valence-electron chi connectivity index (χ4n) is 2.52. The maximum Gasteiger partial charge on any atom is 0.407 e. The summed E-state index contributed by atoms with van der Waals surface area (Å²) >= 11 is 0. The third kappa shape index (κ3) is 4.70. The van der Waals surface area contributed by atoms with Gasteiger partial charge in [-0.15, -0.1) is 0 Å². The van der Waals surface area contributed by atoms with E-state index >= 15 is 0 Å². The maximum absolute atomic E-state index is 12.0. The van der Waals surface area contributed by atoms with Gasteiger partial charge in [0.15, 0.2) is 0 Å². The average Bonchev–Trinajstić information content (AvgIpc) is 2.34. The molecule has 0 saturated carbocycles. The molecule has 1 heterocycles. The first-order valence-electron chi connectivity index (χ1n) is 6.64. The van der Waals surface area contributed by atoms with Crippen LogP contribution in [0.15, 0.2) is 0 Å². The van der Waals surface area contributed by atoms with Gasteiger partial charge in [-0.25, -0.2) is 9.59 Å². The Balaban J connectivity index is 2.76. The Bertz CT molecular complexity index is 310. The lowest BCUT2D eigenvalue weighted by Gasteiger charge is -2.35. The summed E-state index contributed by atoms with van der Waals surface area (Å²) in [6.07, 6.45) is 0.912. The molecule has 4 atom stereocenters. The van der Waals surface area contributed by atoms with Crippen LogP contribution in [-0.4, -0.2) is 44.0 Å². The number of esters is 1. The summed E-state index contributed by atoms with van der Waals surface area (Å²) in [7, 11) is 1.27. The highest BCUT2D eigenvalue weighted by Gasteiger charge is 2.36. The first kappa shape index (κ1) is 15.8. The van der Waals surface area contributed by atoms with Crippen molar-refractivity contribution in [3.63, 3.8) is 0 Å². The zero-order valence-electron chi connectivity index (χ0n) is 12.0. The lowest BCUT2D eigenvalue weighted by Crippen LogP contribution is -2.50. The van der Waals surface area contributed by atoms with Crippen molar-refractivity contribution >= 4 is 12.1 Å². The number of carbonyl (C=O) groups excluding carboxylic acids is 2. The van der Waals surface area contributed by atoms with Crippen LogP contribution in [0.1, 0.15) is 33.6 Å². The summed E-state index contributed by atoms with van der Waals surface area (Å²) in [5.74, 6) is -0.420. The van der Waals surface area contributed by atoms with Crippen molar-refractivity contribution in [1.29, 1.82) is 0 Å². The monoisotopic (exact) mass is 273 g/mol. The van der Waals surface area contributed by atoms with Gasteiger partial charge >= 0.3 is 12.1 Å². The number of hydrogen-bond acceptors (Lipinski definition) is 5. The molecule has 110 valence electrons. The van der Waals surface area contributed by atoms with Crippen LogP contribution in [0.2, 0.25) is 0 Å². The summed E-state index contributed by atoms with van der Waals surface area (Å²) in [4.78, 5) is 23.3. The van der Waals surface area contributed by atoms with Crippen LogP contribution in [-0.2, 0) is 19.0 Å². The SMILES string of the molecule is CCOC(=O)C(NC(=O)OC)[C@@H]1C[C@@H](C)O[C@@H](C)C1. The predicted molar refractivity (Wildman–Crippen MR) is 68.7 cm³/mol. The van der Waals surface area contributed by atoms with Gasteiger partial charge in [0, 0.05) is 0 Å². The van der Waals surface area contributed by atoms with Crippen LogP contribution in [0, 0.1) is 5.92 Å². The minimum Gasteiger partial charge on any atom is -0.464 e. The van der Waals surface area contributed by atoms with Crippen molar-refractivity contribution in [2.24, 2.45) is 5.92 Å². The van der Waals surface area contributed by atoms with Gasteiger partial charge in [0.25, 0.3) is 0 Å². The Labute approximate surface area is 113 Å². The van der Waals surface area contributed by atoms with Crippen molar-refractivity contribution in [3.8, 4) is 0 Å². The second-order valence-corrected chi connectivity index (χ2v) is 4.85. The zero-order chi connectivity index (χ0) is 14.4. The van der Waals surface area contributed by atoms with Crippen molar-refractivity contribution in [1.82, 2.24) is 5.32 Å². The van der Waals surface area contributed by atoms with Crippen LogP contribution < -0.4 is 5.32 Å². The van der Waals surface area contributed by atoms with Gasteiger partial charge in [0.2, 0.25) is 0 Å². The van der Waals surface area contributed by atoms with Crippen molar-refractivity contribution in [3.05, 3.63) is 0 Å². The van der Waals surface area contributed by atoms with E-state index in [0.29, 0.717) is 12.8 Å². The number of nitrogens with one attached hydrogen (secondary N) is 1. The first-order chi connectivity index (χ1) is 8.97. The summed E-state index contributed by atoms with van der Waals surface area (Å²) < 4.78 is 15.2. The number of ether oxygens (including phenoxy) is 3. The third-order valence-electron chi connectivity index (χ3n) is 3.20. The van der Waals surface area contributed by atoms with E-state index in [1.54, 1.807) is 6.92 Å². The van der Waals surface area contributed by atoms with E-state index < -0.39 is 18.1 Å². The van der Waals surface area contributed by atoms with Crippen molar-refractivity contribution in [2.75, 3.05) is 13.7 Å². The van der Waals surface area contributed by atoms with E-state index in [4.69, 9.17) is 9.47 Å². The largest absolute Gasteiger partial charge is 0.464 e. The third-order valence-corrected chi connectivity index (χ3v) is 3.20. The topological polar surface area (TPSA) is 73.9 Å². The molecule has 1 fully saturated rings. The van der Waals surface area contributed by atoms with Crippen molar-refractivity contribution < 1.29 is 23.8 Å². The molecule has 1 N–H and O–H groups in total. The Morgan fingerprint density at radius 1 is 1.32 bits per heavy atom. The first-order valence-corrected chi connectivity index (χ1v) is 6.64. The second-order valence-electron chi connectivity index (χ2n) is 4.85. The van der Waals surface area contributed by atoms with Gasteiger partial charge in [-0.05, 0) is 39.5 Å². The molecule has 0 aromatic heterocycles. The highest BCUT2D eigenvalue weighted by molar-refractivity contribution is 5.81. The van der Waals surface area contributed by atoms with E-state index in [2.05, 4.69) is 10.1 Å². The Morgan fingerprint density at radius 3 is 2.37 bits per heavy atom. The summed E-state index contributed by atoms with van der Waals surface area (Å²) in [6.45, 7) is 5.95. The molecule has 6 heteroatoms. The highest BCUT2D eigenvalue weighted by Crippen LogP contribution is 2.28. The van der Waals surface area contributed by atoms with Gasteiger partial charge < -0.3 is 19.5 Å². The van der Waals surface area contributed by atoms with E-state index in [0.717, 1.165) is 0 Å². The average molecular weight is 273 g/mol. The molecular formula is C13H23NO5. The summed E-state index contributed by atoms with van der Waals surface area (Å²) in [5.41, 5.74) is 0. The number of carbonyl (C=O) groups is 2. The summed E-state index contributed by atoms with van der Waals surface area (Å²) in [5, 5.41) is 2.57. The fraction of sp³-hybridized carbons (Fsp3) is 0.846. The molecule has 1 aliphatic heterocycles. The number of rotatable bonds is 4. The molecule has 0 bridgehead atoms. The molecule has 1 aliphatic rings. The predicted octanol–water partition coefficient (Wildman–Crippen LogP) is 1.48. The molecular weight excluding hydrogens is 250 g/mol. The number of methoxy groups -OCH3 is 1. The van der Waals surface area contributed by atoms with Gasteiger partial charge in [-0.2, -0.15) is 0 Å². The lowest BCUT2D eigenvalue weighted by atomic mass is 9.86. The lowest BCUT2D eigenvalue weighted by molar-refractivity contribution is -0.149. The molecule has 1 unspecified atom stereocenters. The normalized spacial score (nSPS) is 28.3. The Morgan fingerprint density at radius 2 is 1.89 bits per heavy atom. The Hall–Kier alpha value is -1.30. The molecule has 0 spiro atoms. The van der Waals surface area contributed by atoms with Crippen LogP contribution in [0.5, 0.6) is 0 Å². The van der Waals surface area contributed by atoms with Gasteiger partial charge in [0.05, 0.1) is 25.9 Å². The van der Waals surface area contributed by atoms with E-state index in [1.165, 1.54) is 7.11 Å². The molecule has 0 aromatic rings. The van der Waals surface area contributed by atoms with E-state index in [9.17, 15) is 9.59 Å². The molecule has 6 nitrogen and oxygen atoms in total. The highest BCUT2D eigenvalue weighted by atomic mass is 16.5. The molecule has 0 aromatic carbocycles. The van der Waals surface area contributed by atoms with Crippen LogP contribution in [0.4, 0.5) is 4.79 Å². The van der Waals surface area contributed by atoms with Crippen LogP contribution in [0.25, 0.3) is 0 Å². The molecule has 0 radical (unpaired) electrons. The van der Waals surface area contributed by atoms with Gasteiger partial charge in [0.1, 0.15) is 6.04 Å². The standard InChI is InChI=1S/C13H23NO5/c1-5-18-12(15)11(14-13(16)17-4)10-6-8(2)19-9(3)7-10/h8-11H,5-7H2,1-4H3,(H,14,16)/t8-,9+,10-,11?. The van der Waals surface area contributed by atoms with E-state index in [-0.39, 0.29) is 24.7 Å². The molecule has 1 rings (SSSR count). The van der Waals surface area contributed by atoms with Gasteiger partial charge in [-0.3, -0.25) is 0 Å². The zero-order valence-corrected chi connectivity index (χ0v) is 12.0. The molecule has 19 heavy (non-hydrogen) atoms. The number of hydrogen-bond donors (Lipinski definition) is 1. The van der Waals surface area contributed by atoms with Crippen LogP contribution >= 0.6 is 0 Å². The van der Waals surface area contributed by atoms with Gasteiger partial charge in [-0.1, -0.05) is 0 Å². The quantitative estimate of drug-likeness (QED) is 0.785. The fourth-order valence-corrected chi connectivity index (χ4v) is 2.52. The summed E-state index contributed by atoms with van der Waals surface area (Å²) in [6, 6.07) is -0.679. The maximum atomic E-state index is 12.0. The number of alkyl carbamates (subject to hydrolysis) is 1. The van der Waals surface area contributed by atoms with Crippen LogP contribution in [0.3, 0.4) is 0 Å². The second kappa shape index (κ2) is 7.33. The van der Waals surface area contributed by atoms with E-state index in [1.807, 2.05) is 13.8 Å². The number of amides is 1. The van der Waals surface area contributed by atoms with Crippen molar-refractivity contribution in [2.45, 2.75) is 51.9 Å².